The number of carboxylic acids is 2. The standard InChI is InChI=1S/C28H46O5/c1-17(2)7-6-8-18(3)21-10-11-22-20-9-12-24(29)28(5,23(20)13-14-27(21,22)4)16-19(26(32)33)15-25(30)31/h17-23H,6-16H2,1-5H3,(H,30,31)(H,32,33)/t18-,19-,20+,21-,22+,23+,27-,28-/m1/s1. The first-order valence-electron chi connectivity index (χ1n) is 13.4. The number of carbonyl (C=O) groups excluding carboxylic acids is 1. The van der Waals surface area contributed by atoms with Crippen molar-refractivity contribution < 1.29 is 24.6 Å². The van der Waals surface area contributed by atoms with E-state index in [1.807, 2.05) is 6.92 Å². The van der Waals surface area contributed by atoms with Crippen LogP contribution in [0.15, 0.2) is 0 Å². The van der Waals surface area contributed by atoms with E-state index in [-0.39, 0.29) is 18.1 Å². The van der Waals surface area contributed by atoms with Gasteiger partial charge in [-0.25, -0.2) is 0 Å². The Balaban J connectivity index is 1.77. The highest BCUT2D eigenvalue weighted by Crippen LogP contribution is 2.66. The van der Waals surface area contributed by atoms with Crippen molar-refractivity contribution >= 4 is 17.7 Å². The Labute approximate surface area is 200 Å². The fraction of sp³-hybridized carbons (Fsp3) is 0.893. The fourth-order valence-electron chi connectivity index (χ4n) is 8.53. The molecule has 0 spiro atoms. The Kier molecular flexibility index (Phi) is 8.01. The van der Waals surface area contributed by atoms with Crippen LogP contribution in [0.4, 0.5) is 0 Å². The lowest BCUT2D eigenvalue weighted by molar-refractivity contribution is -0.156. The minimum Gasteiger partial charge on any atom is -0.481 e. The molecule has 3 rings (SSSR count). The average Bonchev–Trinajstić information content (AvgIpc) is 3.07. The van der Waals surface area contributed by atoms with E-state index in [0.717, 1.165) is 37.0 Å². The molecule has 3 aliphatic carbocycles. The normalized spacial score (nSPS) is 37.9. The largest absolute Gasteiger partial charge is 0.481 e. The first kappa shape index (κ1) is 26.2. The summed E-state index contributed by atoms with van der Waals surface area (Å²) in [6, 6.07) is 0. The second-order valence-corrected chi connectivity index (χ2v) is 12.6. The molecule has 33 heavy (non-hydrogen) atoms. The van der Waals surface area contributed by atoms with Crippen LogP contribution in [0.1, 0.15) is 105 Å². The minimum atomic E-state index is -1.10. The Morgan fingerprint density at radius 1 is 1.00 bits per heavy atom. The van der Waals surface area contributed by atoms with E-state index in [4.69, 9.17) is 0 Å². The summed E-state index contributed by atoms with van der Waals surface area (Å²) in [5.41, 5.74) is -0.406. The molecule has 0 amide bonds. The first-order chi connectivity index (χ1) is 15.4. The van der Waals surface area contributed by atoms with Gasteiger partial charge in [-0.15, -0.1) is 0 Å². The van der Waals surface area contributed by atoms with Crippen LogP contribution in [0.2, 0.25) is 0 Å². The number of hydrogen-bond donors (Lipinski definition) is 2. The molecule has 0 aromatic rings. The summed E-state index contributed by atoms with van der Waals surface area (Å²) in [5, 5.41) is 18.9. The summed E-state index contributed by atoms with van der Waals surface area (Å²) in [6.07, 6.45) is 9.64. The molecule has 3 aliphatic rings. The zero-order valence-electron chi connectivity index (χ0n) is 21.4. The monoisotopic (exact) mass is 462 g/mol. The van der Waals surface area contributed by atoms with Crippen molar-refractivity contribution in [3.05, 3.63) is 0 Å². The molecule has 2 N–H and O–H groups in total. The number of rotatable bonds is 10. The van der Waals surface area contributed by atoms with Gasteiger partial charge in [0.15, 0.2) is 0 Å². The smallest absolute Gasteiger partial charge is 0.307 e. The van der Waals surface area contributed by atoms with Crippen molar-refractivity contribution in [2.45, 2.75) is 105 Å². The maximum absolute atomic E-state index is 13.2. The van der Waals surface area contributed by atoms with Gasteiger partial charge in [0.05, 0.1) is 12.3 Å². The zero-order valence-corrected chi connectivity index (χ0v) is 21.4. The molecule has 0 radical (unpaired) electrons. The number of carbonyl (C=O) groups is 3. The molecule has 0 bridgehead atoms. The van der Waals surface area contributed by atoms with Gasteiger partial charge < -0.3 is 10.2 Å². The second-order valence-electron chi connectivity index (χ2n) is 12.6. The predicted octanol–water partition coefficient (Wildman–Crippen LogP) is 6.44. The number of ketones is 1. The van der Waals surface area contributed by atoms with Gasteiger partial charge in [-0.2, -0.15) is 0 Å². The second kappa shape index (κ2) is 10.1. The summed E-state index contributed by atoms with van der Waals surface area (Å²) in [7, 11) is 0. The number of Topliss-reactive ketones (excluding diaryl/α,β-unsaturated/α-hetero) is 1. The molecule has 5 nitrogen and oxygen atoms in total. The van der Waals surface area contributed by atoms with Crippen molar-refractivity contribution in [1.82, 2.24) is 0 Å². The third-order valence-electron chi connectivity index (χ3n) is 10.2. The van der Waals surface area contributed by atoms with Crippen LogP contribution >= 0.6 is 0 Å². The Hall–Kier alpha value is -1.39. The highest BCUT2D eigenvalue weighted by molar-refractivity contribution is 5.87. The summed E-state index contributed by atoms with van der Waals surface area (Å²) < 4.78 is 0. The predicted molar refractivity (Wildman–Crippen MR) is 129 cm³/mol. The average molecular weight is 463 g/mol. The number of carboxylic acid groups (broad SMARTS) is 2. The van der Waals surface area contributed by atoms with E-state index in [0.29, 0.717) is 23.7 Å². The van der Waals surface area contributed by atoms with Gasteiger partial charge in [-0.05, 0) is 79.4 Å². The molecule has 0 aromatic carbocycles. The van der Waals surface area contributed by atoms with Crippen molar-refractivity contribution in [2.24, 2.45) is 52.3 Å². The van der Waals surface area contributed by atoms with E-state index in [9.17, 15) is 24.6 Å². The maximum Gasteiger partial charge on any atom is 0.307 e. The van der Waals surface area contributed by atoms with E-state index in [1.54, 1.807) is 0 Å². The molecule has 5 heteroatoms. The van der Waals surface area contributed by atoms with Gasteiger partial charge in [0.25, 0.3) is 0 Å². The van der Waals surface area contributed by atoms with Gasteiger partial charge in [-0.1, -0.05) is 53.9 Å². The quantitative estimate of drug-likeness (QED) is 0.390. The number of aliphatic carboxylic acids is 2. The lowest BCUT2D eigenvalue weighted by Gasteiger charge is -2.56. The Bertz CT molecular complexity index is 745. The molecular weight excluding hydrogens is 416 g/mol. The van der Waals surface area contributed by atoms with Gasteiger partial charge in [0.1, 0.15) is 5.78 Å². The van der Waals surface area contributed by atoms with E-state index in [2.05, 4.69) is 27.7 Å². The van der Waals surface area contributed by atoms with Crippen LogP contribution in [0.5, 0.6) is 0 Å². The maximum atomic E-state index is 13.2. The van der Waals surface area contributed by atoms with Gasteiger partial charge in [0, 0.05) is 11.8 Å². The van der Waals surface area contributed by atoms with E-state index in [1.165, 1.54) is 32.1 Å². The van der Waals surface area contributed by atoms with Gasteiger partial charge in [0.2, 0.25) is 0 Å². The van der Waals surface area contributed by atoms with E-state index >= 15 is 0 Å². The zero-order chi connectivity index (χ0) is 24.6. The molecule has 3 saturated carbocycles. The SMILES string of the molecule is CC(C)CCC[C@@H](C)[C@H]1CC[C@H]2[C@@H]3CCC(=O)[C@](C)(C[C@@H](CC(=O)O)C(=O)O)[C@H]3CC[C@]12C. The van der Waals surface area contributed by atoms with Crippen molar-refractivity contribution in [1.29, 1.82) is 0 Å². The van der Waals surface area contributed by atoms with Crippen LogP contribution in [-0.2, 0) is 14.4 Å². The Morgan fingerprint density at radius 2 is 1.70 bits per heavy atom. The summed E-state index contributed by atoms with van der Waals surface area (Å²) >= 11 is 0. The van der Waals surface area contributed by atoms with Crippen molar-refractivity contribution in [3.8, 4) is 0 Å². The lowest BCUT2D eigenvalue weighted by Crippen LogP contribution is -2.53. The Morgan fingerprint density at radius 3 is 2.30 bits per heavy atom. The number of hydrogen-bond acceptors (Lipinski definition) is 3. The highest BCUT2D eigenvalue weighted by atomic mass is 16.4. The van der Waals surface area contributed by atoms with Crippen molar-refractivity contribution in [2.75, 3.05) is 0 Å². The van der Waals surface area contributed by atoms with Crippen LogP contribution in [0.3, 0.4) is 0 Å². The third kappa shape index (κ3) is 5.17. The van der Waals surface area contributed by atoms with Crippen molar-refractivity contribution in [3.63, 3.8) is 0 Å². The topological polar surface area (TPSA) is 91.7 Å². The van der Waals surface area contributed by atoms with Crippen LogP contribution < -0.4 is 0 Å². The van der Waals surface area contributed by atoms with Gasteiger partial charge >= 0.3 is 11.9 Å². The minimum absolute atomic E-state index is 0.153. The van der Waals surface area contributed by atoms with Gasteiger partial charge in [-0.3, -0.25) is 14.4 Å². The molecule has 8 atom stereocenters. The fourth-order valence-corrected chi connectivity index (χ4v) is 8.53. The molecule has 0 aromatic heterocycles. The highest BCUT2D eigenvalue weighted by Gasteiger charge is 2.60. The summed E-state index contributed by atoms with van der Waals surface area (Å²) in [6.45, 7) is 11.5. The lowest BCUT2D eigenvalue weighted by atomic mass is 9.47. The molecule has 188 valence electrons. The third-order valence-corrected chi connectivity index (χ3v) is 10.2. The van der Waals surface area contributed by atoms with Crippen LogP contribution in [-0.4, -0.2) is 27.9 Å². The molecular formula is C28H46O5. The van der Waals surface area contributed by atoms with Crippen LogP contribution in [0, 0.1) is 52.3 Å². The number of fused-ring (bicyclic) bond motifs is 3. The molecule has 0 heterocycles. The molecule has 0 saturated heterocycles. The summed E-state index contributed by atoms with van der Waals surface area (Å²) in [4.78, 5) is 36.3. The molecule has 3 fully saturated rings. The first-order valence-corrected chi connectivity index (χ1v) is 13.4. The van der Waals surface area contributed by atoms with E-state index < -0.39 is 29.7 Å². The molecule has 0 aliphatic heterocycles. The summed E-state index contributed by atoms with van der Waals surface area (Å²) in [5.74, 6) is 0.411. The van der Waals surface area contributed by atoms with Crippen LogP contribution in [0.25, 0.3) is 0 Å². The molecule has 0 unspecified atom stereocenters.